The molecule has 1 unspecified atom stereocenters. The van der Waals surface area contributed by atoms with Crippen molar-refractivity contribution in [2.45, 2.75) is 39.2 Å². The number of ketones is 1. The molecule has 0 radical (unpaired) electrons. The standard InChI is InChI=1S/C18H23NO4/c1-4-6-11-19-16(12-9-7-8-10-14(12)23-3)15(13(20)5-2)17(21)18(19)22/h7-10,16,21H,4-6,11H2,1-3H3. The van der Waals surface area contributed by atoms with Gasteiger partial charge < -0.3 is 14.7 Å². The van der Waals surface area contributed by atoms with Crippen molar-refractivity contribution in [1.29, 1.82) is 0 Å². The third-order valence-corrected chi connectivity index (χ3v) is 4.11. The zero-order valence-electron chi connectivity index (χ0n) is 13.8. The Bertz CT molecular complexity index is 636. The molecule has 0 fully saturated rings. The van der Waals surface area contributed by atoms with E-state index in [2.05, 4.69) is 0 Å². The lowest BCUT2D eigenvalue weighted by Crippen LogP contribution is -2.32. The third kappa shape index (κ3) is 3.09. The van der Waals surface area contributed by atoms with Crippen molar-refractivity contribution in [1.82, 2.24) is 4.90 Å². The molecule has 0 saturated heterocycles. The second-order valence-electron chi connectivity index (χ2n) is 5.54. The highest BCUT2D eigenvalue weighted by molar-refractivity contribution is 6.08. The van der Waals surface area contributed by atoms with E-state index in [-0.39, 0.29) is 17.8 Å². The fourth-order valence-electron chi connectivity index (χ4n) is 2.90. The molecule has 2 rings (SSSR count). The lowest BCUT2D eigenvalue weighted by Gasteiger charge is -2.27. The van der Waals surface area contributed by atoms with Crippen molar-refractivity contribution in [2.24, 2.45) is 0 Å². The van der Waals surface area contributed by atoms with Crippen LogP contribution in [0, 0.1) is 0 Å². The van der Waals surface area contributed by atoms with Gasteiger partial charge in [-0.25, -0.2) is 0 Å². The van der Waals surface area contributed by atoms with Gasteiger partial charge >= 0.3 is 0 Å². The van der Waals surface area contributed by atoms with Gasteiger partial charge in [-0.1, -0.05) is 38.5 Å². The van der Waals surface area contributed by atoms with E-state index in [0.717, 1.165) is 18.4 Å². The molecule has 0 bridgehead atoms. The first kappa shape index (κ1) is 17.1. The lowest BCUT2D eigenvalue weighted by molar-refractivity contribution is -0.129. The normalized spacial score (nSPS) is 17.8. The van der Waals surface area contributed by atoms with Crippen molar-refractivity contribution in [3.05, 3.63) is 41.2 Å². The molecule has 1 amide bonds. The number of unbranched alkanes of at least 4 members (excludes halogenated alkanes) is 1. The minimum Gasteiger partial charge on any atom is -0.503 e. The van der Waals surface area contributed by atoms with E-state index in [4.69, 9.17) is 4.74 Å². The molecule has 1 aromatic rings. The van der Waals surface area contributed by atoms with Crippen LogP contribution >= 0.6 is 0 Å². The quantitative estimate of drug-likeness (QED) is 0.839. The minimum absolute atomic E-state index is 0.179. The monoisotopic (exact) mass is 317 g/mol. The first-order valence-corrected chi connectivity index (χ1v) is 7.96. The molecule has 0 spiro atoms. The van der Waals surface area contributed by atoms with Gasteiger partial charge in [0.15, 0.2) is 11.5 Å². The number of hydrogen-bond acceptors (Lipinski definition) is 4. The van der Waals surface area contributed by atoms with Crippen LogP contribution in [0.25, 0.3) is 0 Å². The number of benzene rings is 1. The van der Waals surface area contributed by atoms with Crippen LogP contribution in [0.15, 0.2) is 35.6 Å². The van der Waals surface area contributed by atoms with Crippen LogP contribution in [0.1, 0.15) is 44.7 Å². The molecule has 1 aromatic carbocycles. The molecule has 0 saturated carbocycles. The highest BCUT2D eigenvalue weighted by Crippen LogP contribution is 2.41. The highest BCUT2D eigenvalue weighted by atomic mass is 16.5. The number of carbonyl (C=O) groups excluding carboxylic acids is 2. The van der Waals surface area contributed by atoms with Crippen LogP contribution in [0.5, 0.6) is 5.75 Å². The Hall–Kier alpha value is -2.30. The molecule has 1 atom stereocenters. The molecule has 1 aliphatic rings. The predicted molar refractivity (Wildman–Crippen MR) is 87.3 cm³/mol. The SMILES string of the molecule is CCCCN1C(=O)C(O)=C(C(=O)CC)C1c1ccccc1OC. The number of hydrogen-bond donors (Lipinski definition) is 1. The zero-order valence-corrected chi connectivity index (χ0v) is 13.8. The summed E-state index contributed by atoms with van der Waals surface area (Å²) in [7, 11) is 1.55. The lowest BCUT2D eigenvalue weighted by atomic mass is 9.94. The number of aliphatic hydroxyl groups is 1. The van der Waals surface area contributed by atoms with Gasteiger partial charge in [-0.15, -0.1) is 0 Å². The molecule has 1 N–H and O–H groups in total. The van der Waals surface area contributed by atoms with Crippen LogP contribution < -0.4 is 4.74 Å². The topological polar surface area (TPSA) is 66.8 Å². The number of carbonyl (C=O) groups is 2. The van der Waals surface area contributed by atoms with Gasteiger partial charge in [0.25, 0.3) is 5.91 Å². The number of aliphatic hydroxyl groups excluding tert-OH is 1. The summed E-state index contributed by atoms with van der Waals surface area (Å²) >= 11 is 0. The summed E-state index contributed by atoms with van der Waals surface area (Å²) in [4.78, 5) is 26.4. The van der Waals surface area contributed by atoms with Crippen molar-refractivity contribution in [2.75, 3.05) is 13.7 Å². The third-order valence-electron chi connectivity index (χ3n) is 4.11. The van der Waals surface area contributed by atoms with E-state index in [9.17, 15) is 14.7 Å². The molecule has 1 heterocycles. The van der Waals surface area contributed by atoms with Gasteiger partial charge in [0.2, 0.25) is 0 Å². The van der Waals surface area contributed by atoms with E-state index in [1.54, 1.807) is 25.0 Å². The zero-order chi connectivity index (χ0) is 17.0. The minimum atomic E-state index is -0.586. The van der Waals surface area contributed by atoms with Crippen LogP contribution in [0.3, 0.4) is 0 Å². The number of ether oxygens (including phenoxy) is 1. The van der Waals surface area contributed by atoms with Crippen molar-refractivity contribution >= 4 is 11.7 Å². The Morgan fingerprint density at radius 3 is 2.61 bits per heavy atom. The van der Waals surface area contributed by atoms with Crippen LogP contribution in [0.2, 0.25) is 0 Å². The Kier molecular flexibility index (Phi) is 5.42. The van der Waals surface area contributed by atoms with Crippen molar-refractivity contribution in [3.63, 3.8) is 0 Å². The second-order valence-corrected chi connectivity index (χ2v) is 5.54. The number of para-hydroxylation sites is 1. The molecule has 5 nitrogen and oxygen atoms in total. The summed E-state index contributed by atoms with van der Waals surface area (Å²) in [6.07, 6.45) is 1.96. The molecule has 124 valence electrons. The smallest absolute Gasteiger partial charge is 0.290 e. The van der Waals surface area contributed by atoms with Gasteiger partial charge in [-0.3, -0.25) is 9.59 Å². The molecule has 0 aromatic heterocycles. The van der Waals surface area contributed by atoms with Crippen LogP contribution in [0.4, 0.5) is 0 Å². The molecule has 23 heavy (non-hydrogen) atoms. The molecule has 1 aliphatic heterocycles. The summed E-state index contributed by atoms with van der Waals surface area (Å²) in [6, 6.07) is 6.71. The van der Waals surface area contributed by atoms with Gasteiger partial charge in [-0.2, -0.15) is 0 Å². The summed E-state index contributed by atoms with van der Waals surface area (Å²) < 4.78 is 5.39. The average Bonchev–Trinajstić information content (AvgIpc) is 2.83. The molecule has 5 heteroatoms. The maximum absolute atomic E-state index is 12.5. The largest absolute Gasteiger partial charge is 0.503 e. The highest BCUT2D eigenvalue weighted by Gasteiger charge is 2.43. The first-order chi connectivity index (χ1) is 11.1. The summed E-state index contributed by atoms with van der Waals surface area (Å²) in [5, 5.41) is 10.3. The van der Waals surface area contributed by atoms with Gasteiger partial charge in [-0.05, 0) is 12.5 Å². The van der Waals surface area contributed by atoms with Gasteiger partial charge in [0.1, 0.15) is 5.75 Å². The summed E-state index contributed by atoms with van der Waals surface area (Å²) in [6.45, 7) is 4.24. The van der Waals surface area contributed by atoms with Crippen LogP contribution in [-0.2, 0) is 9.59 Å². The predicted octanol–water partition coefficient (Wildman–Crippen LogP) is 3.17. The first-order valence-electron chi connectivity index (χ1n) is 7.96. The van der Waals surface area contributed by atoms with E-state index in [1.807, 2.05) is 25.1 Å². The Labute approximate surface area is 136 Å². The van der Waals surface area contributed by atoms with E-state index < -0.39 is 17.7 Å². The number of methoxy groups -OCH3 is 1. The molecular formula is C18H23NO4. The van der Waals surface area contributed by atoms with Crippen molar-refractivity contribution < 1.29 is 19.4 Å². The number of amides is 1. The second kappa shape index (κ2) is 7.31. The van der Waals surface area contributed by atoms with E-state index in [1.165, 1.54) is 0 Å². The van der Waals surface area contributed by atoms with Gasteiger partial charge in [0.05, 0.1) is 18.7 Å². The molecule has 0 aliphatic carbocycles. The average molecular weight is 317 g/mol. The van der Waals surface area contributed by atoms with E-state index >= 15 is 0 Å². The van der Waals surface area contributed by atoms with Gasteiger partial charge in [0, 0.05) is 18.5 Å². The van der Waals surface area contributed by atoms with Crippen molar-refractivity contribution in [3.8, 4) is 5.75 Å². The number of nitrogens with zero attached hydrogens (tertiary/aromatic N) is 1. The van der Waals surface area contributed by atoms with Crippen LogP contribution in [-0.4, -0.2) is 35.4 Å². The fourth-order valence-corrected chi connectivity index (χ4v) is 2.90. The maximum Gasteiger partial charge on any atom is 0.290 e. The summed E-state index contributed by atoms with van der Waals surface area (Å²) in [5.41, 5.74) is 0.901. The Morgan fingerprint density at radius 2 is 2.00 bits per heavy atom. The fraction of sp³-hybridized carbons (Fsp3) is 0.444. The Morgan fingerprint density at radius 1 is 1.30 bits per heavy atom. The summed E-state index contributed by atoms with van der Waals surface area (Å²) in [5.74, 6) is -0.524. The van der Waals surface area contributed by atoms with E-state index in [0.29, 0.717) is 12.3 Å². The maximum atomic E-state index is 12.5. The molecular weight excluding hydrogens is 294 g/mol. The Balaban J connectivity index is 2.55. The number of rotatable bonds is 7. The number of Topliss-reactive ketones (excluding diaryl/α,β-unsaturated/α-hetero) is 1.